The number of hydrogen-bond acceptors (Lipinski definition) is 3. The maximum absolute atomic E-state index is 13.0. The van der Waals surface area contributed by atoms with Crippen LogP contribution in [0.15, 0.2) is 24.4 Å². The number of nitrogens with one attached hydrogen (secondary N) is 1. The molecular formula is C16H23N3O2. The molecule has 2 heterocycles. The minimum atomic E-state index is -0.785. The summed E-state index contributed by atoms with van der Waals surface area (Å²) in [5, 5.41) is 2.91. The molecule has 0 spiro atoms. The molecule has 1 N–H and O–H groups in total. The quantitative estimate of drug-likeness (QED) is 0.922. The Labute approximate surface area is 125 Å². The monoisotopic (exact) mass is 289 g/mol. The Morgan fingerprint density at radius 2 is 2.00 bits per heavy atom. The van der Waals surface area contributed by atoms with E-state index in [4.69, 9.17) is 0 Å². The maximum atomic E-state index is 13.0. The van der Waals surface area contributed by atoms with E-state index in [1.807, 2.05) is 39.0 Å². The van der Waals surface area contributed by atoms with Gasteiger partial charge in [-0.3, -0.25) is 14.6 Å². The first-order chi connectivity index (χ1) is 9.96. The summed E-state index contributed by atoms with van der Waals surface area (Å²) in [5.41, 5.74) is 0.0145. The predicted octanol–water partition coefficient (Wildman–Crippen LogP) is 2.05. The van der Waals surface area contributed by atoms with Crippen molar-refractivity contribution in [3.8, 4) is 0 Å². The fraction of sp³-hybridized carbons (Fsp3) is 0.562. The van der Waals surface area contributed by atoms with E-state index in [0.29, 0.717) is 12.8 Å². The Morgan fingerprint density at radius 1 is 1.33 bits per heavy atom. The number of amides is 2. The number of carbonyl (C=O) groups is 2. The smallest absolute Gasteiger partial charge is 0.249 e. The van der Waals surface area contributed by atoms with Crippen LogP contribution in [0.5, 0.6) is 0 Å². The van der Waals surface area contributed by atoms with Crippen molar-refractivity contribution in [1.82, 2.24) is 15.2 Å². The minimum absolute atomic E-state index is 0.0160. The third-order valence-corrected chi connectivity index (χ3v) is 4.54. The summed E-state index contributed by atoms with van der Waals surface area (Å²) >= 11 is 0. The van der Waals surface area contributed by atoms with Crippen LogP contribution >= 0.6 is 0 Å². The van der Waals surface area contributed by atoms with E-state index < -0.39 is 11.6 Å². The molecule has 1 aromatic heterocycles. The van der Waals surface area contributed by atoms with Crippen molar-refractivity contribution in [2.45, 2.75) is 58.2 Å². The zero-order chi connectivity index (χ0) is 15.6. The Bertz CT molecular complexity index is 526. The van der Waals surface area contributed by atoms with Gasteiger partial charge in [-0.05, 0) is 38.8 Å². The van der Waals surface area contributed by atoms with Gasteiger partial charge in [0.15, 0.2) is 0 Å². The number of nitrogens with zero attached hydrogens (tertiary/aromatic N) is 2. The number of hydrogen-bond donors (Lipinski definition) is 1. The lowest BCUT2D eigenvalue weighted by Crippen LogP contribution is -2.69. The SMILES string of the molecule is CCC1(CC)NC(=O)C(C)N(C(C)c2ccccn2)C1=O. The molecule has 1 fully saturated rings. The van der Waals surface area contributed by atoms with Gasteiger partial charge >= 0.3 is 0 Å². The van der Waals surface area contributed by atoms with Gasteiger partial charge in [-0.15, -0.1) is 0 Å². The Kier molecular flexibility index (Phi) is 4.30. The molecule has 5 nitrogen and oxygen atoms in total. The molecule has 0 aliphatic carbocycles. The summed E-state index contributed by atoms with van der Waals surface area (Å²) in [6.45, 7) is 7.55. The van der Waals surface area contributed by atoms with Crippen molar-refractivity contribution in [1.29, 1.82) is 0 Å². The standard InChI is InChI=1S/C16H23N3O2/c1-5-16(6-2)15(21)19(12(4)14(20)18-16)11(3)13-9-7-8-10-17-13/h7-12H,5-6H2,1-4H3,(H,18,20). The summed E-state index contributed by atoms with van der Waals surface area (Å²) in [4.78, 5) is 31.3. The van der Waals surface area contributed by atoms with Gasteiger partial charge in [-0.25, -0.2) is 0 Å². The first-order valence-electron chi connectivity index (χ1n) is 7.52. The maximum Gasteiger partial charge on any atom is 0.249 e. The summed E-state index contributed by atoms with van der Waals surface area (Å²) in [7, 11) is 0. The topological polar surface area (TPSA) is 62.3 Å². The highest BCUT2D eigenvalue weighted by Gasteiger charge is 2.49. The second kappa shape index (κ2) is 5.84. The molecule has 2 rings (SSSR count). The fourth-order valence-corrected chi connectivity index (χ4v) is 2.95. The lowest BCUT2D eigenvalue weighted by molar-refractivity contribution is -0.157. The number of carbonyl (C=O) groups excluding carboxylic acids is 2. The van der Waals surface area contributed by atoms with Crippen LogP contribution in [-0.2, 0) is 9.59 Å². The summed E-state index contributed by atoms with van der Waals surface area (Å²) in [5.74, 6) is -0.112. The van der Waals surface area contributed by atoms with Gasteiger partial charge in [0.25, 0.3) is 0 Å². The van der Waals surface area contributed by atoms with Crippen molar-refractivity contribution in [2.75, 3.05) is 0 Å². The number of pyridine rings is 1. The lowest BCUT2D eigenvalue weighted by atomic mass is 9.86. The lowest BCUT2D eigenvalue weighted by Gasteiger charge is -2.46. The van der Waals surface area contributed by atoms with E-state index in [1.165, 1.54) is 0 Å². The molecule has 1 aliphatic rings. The van der Waals surface area contributed by atoms with Crippen LogP contribution < -0.4 is 5.32 Å². The fourth-order valence-electron chi connectivity index (χ4n) is 2.95. The molecule has 114 valence electrons. The third-order valence-electron chi connectivity index (χ3n) is 4.54. The summed E-state index contributed by atoms with van der Waals surface area (Å²) < 4.78 is 0. The van der Waals surface area contributed by atoms with Crippen molar-refractivity contribution in [2.24, 2.45) is 0 Å². The van der Waals surface area contributed by atoms with Gasteiger partial charge in [0.1, 0.15) is 11.6 Å². The molecule has 0 saturated carbocycles. The van der Waals surface area contributed by atoms with Gasteiger partial charge < -0.3 is 10.2 Å². The highest BCUT2D eigenvalue weighted by molar-refractivity contribution is 5.99. The zero-order valence-electron chi connectivity index (χ0n) is 13.1. The predicted molar refractivity (Wildman–Crippen MR) is 80.4 cm³/mol. The molecule has 2 atom stereocenters. The molecule has 1 saturated heterocycles. The van der Waals surface area contributed by atoms with Crippen LogP contribution in [0.3, 0.4) is 0 Å². The average molecular weight is 289 g/mol. The summed E-state index contributed by atoms with van der Waals surface area (Å²) in [6, 6.07) is 4.91. The molecule has 5 heteroatoms. The molecular weight excluding hydrogens is 266 g/mol. The van der Waals surface area contributed by atoms with E-state index in [1.54, 1.807) is 18.0 Å². The molecule has 0 aromatic carbocycles. The number of piperazine rings is 1. The third kappa shape index (κ3) is 2.52. The molecule has 1 aromatic rings. The van der Waals surface area contributed by atoms with E-state index in [2.05, 4.69) is 10.3 Å². The van der Waals surface area contributed by atoms with Crippen molar-refractivity contribution in [3.05, 3.63) is 30.1 Å². The highest BCUT2D eigenvalue weighted by Crippen LogP contribution is 2.31. The van der Waals surface area contributed by atoms with Crippen LogP contribution in [-0.4, -0.2) is 33.3 Å². The van der Waals surface area contributed by atoms with Gasteiger partial charge in [-0.2, -0.15) is 0 Å². The van der Waals surface area contributed by atoms with Crippen molar-refractivity contribution < 1.29 is 9.59 Å². The molecule has 2 amide bonds. The largest absolute Gasteiger partial charge is 0.340 e. The Hall–Kier alpha value is -1.91. The van der Waals surface area contributed by atoms with Crippen LogP contribution in [0.4, 0.5) is 0 Å². The summed E-state index contributed by atoms with van der Waals surface area (Å²) in [6.07, 6.45) is 2.89. The molecule has 1 aliphatic heterocycles. The molecule has 0 bridgehead atoms. The van der Waals surface area contributed by atoms with Crippen LogP contribution in [0.2, 0.25) is 0 Å². The normalized spacial score (nSPS) is 22.9. The van der Waals surface area contributed by atoms with Crippen LogP contribution in [0, 0.1) is 0 Å². The van der Waals surface area contributed by atoms with Gasteiger partial charge in [-0.1, -0.05) is 19.9 Å². The molecule has 21 heavy (non-hydrogen) atoms. The van der Waals surface area contributed by atoms with E-state index in [9.17, 15) is 9.59 Å². The van der Waals surface area contributed by atoms with Gasteiger partial charge in [0, 0.05) is 6.20 Å². The zero-order valence-corrected chi connectivity index (χ0v) is 13.1. The Balaban J connectivity index is 2.40. The van der Waals surface area contributed by atoms with Crippen LogP contribution in [0.1, 0.15) is 52.3 Å². The average Bonchev–Trinajstić information content (AvgIpc) is 2.52. The van der Waals surface area contributed by atoms with Crippen LogP contribution in [0.25, 0.3) is 0 Å². The van der Waals surface area contributed by atoms with E-state index in [0.717, 1.165) is 5.69 Å². The van der Waals surface area contributed by atoms with Gasteiger partial charge in [0.2, 0.25) is 11.8 Å². The number of aromatic nitrogens is 1. The Morgan fingerprint density at radius 3 is 2.52 bits per heavy atom. The second-order valence-electron chi connectivity index (χ2n) is 5.60. The molecule has 2 unspecified atom stereocenters. The van der Waals surface area contributed by atoms with Crippen molar-refractivity contribution >= 4 is 11.8 Å². The van der Waals surface area contributed by atoms with Crippen molar-refractivity contribution in [3.63, 3.8) is 0 Å². The molecule has 0 radical (unpaired) electrons. The number of rotatable bonds is 4. The minimum Gasteiger partial charge on any atom is -0.340 e. The van der Waals surface area contributed by atoms with E-state index >= 15 is 0 Å². The second-order valence-corrected chi connectivity index (χ2v) is 5.60. The highest BCUT2D eigenvalue weighted by atomic mass is 16.2. The first kappa shape index (κ1) is 15.5. The first-order valence-corrected chi connectivity index (χ1v) is 7.52. The van der Waals surface area contributed by atoms with Gasteiger partial charge in [0.05, 0.1) is 11.7 Å². The van der Waals surface area contributed by atoms with E-state index in [-0.39, 0.29) is 17.9 Å².